The van der Waals surface area contributed by atoms with Gasteiger partial charge in [0.25, 0.3) is 0 Å². The number of benzene rings is 3. The summed E-state index contributed by atoms with van der Waals surface area (Å²) in [6.07, 6.45) is -0.257. The van der Waals surface area contributed by atoms with E-state index in [2.05, 4.69) is 10.0 Å². The van der Waals surface area contributed by atoms with Crippen LogP contribution < -0.4 is 0 Å². The SMILES string of the molecule is [N-]=[N+]=NCCCCCCCCO[C@@H]1O[C@@H]([C@H](O)COC(c2ccccc2)(c2ccccc2)c2ccccc2)[C@H](O)[C@H]1O. The van der Waals surface area contributed by atoms with Crippen LogP contribution in [0.2, 0.25) is 0 Å². The molecule has 0 radical (unpaired) electrons. The zero-order chi connectivity index (χ0) is 29.6. The van der Waals surface area contributed by atoms with Gasteiger partial charge in [-0.25, -0.2) is 0 Å². The Balaban J connectivity index is 1.38. The lowest BCUT2D eigenvalue weighted by Gasteiger charge is -2.37. The van der Waals surface area contributed by atoms with E-state index in [1.807, 2.05) is 91.0 Å². The van der Waals surface area contributed by atoms with Crippen LogP contribution >= 0.6 is 0 Å². The minimum Gasteiger partial charge on any atom is -0.388 e. The van der Waals surface area contributed by atoms with E-state index in [-0.39, 0.29) is 6.61 Å². The molecule has 0 aliphatic carbocycles. The Bertz CT molecular complexity index is 1130. The third-order valence-corrected chi connectivity index (χ3v) is 7.65. The van der Waals surface area contributed by atoms with Crippen molar-refractivity contribution in [3.63, 3.8) is 0 Å². The lowest BCUT2D eigenvalue weighted by atomic mass is 9.80. The number of aliphatic hydroxyl groups is 3. The highest BCUT2D eigenvalue weighted by molar-refractivity contribution is 5.47. The number of aliphatic hydroxyl groups excluding tert-OH is 3. The molecular formula is C33H41N3O6. The van der Waals surface area contributed by atoms with Crippen molar-refractivity contribution in [2.24, 2.45) is 5.11 Å². The molecular weight excluding hydrogens is 534 g/mol. The van der Waals surface area contributed by atoms with E-state index in [0.29, 0.717) is 13.2 Å². The molecule has 1 aliphatic rings. The van der Waals surface area contributed by atoms with Gasteiger partial charge in [0.1, 0.15) is 30.0 Å². The fourth-order valence-electron chi connectivity index (χ4n) is 5.44. The Morgan fingerprint density at radius 1 is 0.762 bits per heavy atom. The van der Waals surface area contributed by atoms with Gasteiger partial charge in [-0.15, -0.1) is 0 Å². The fourth-order valence-corrected chi connectivity index (χ4v) is 5.44. The molecule has 3 aromatic rings. The van der Waals surface area contributed by atoms with Crippen molar-refractivity contribution in [3.05, 3.63) is 118 Å². The van der Waals surface area contributed by atoms with Gasteiger partial charge in [-0.1, -0.05) is 122 Å². The third-order valence-electron chi connectivity index (χ3n) is 7.65. The highest BCUT2D eigenvalue weighted by Gasteiger charge is 2.47. The molecule has 3 aromatic carbocycles. The average Bonchev–Trinajstić information content (AvgIpc) is 3.32. The lowest BCUT2D eigenvalue weighted by molar-refractivity contribution is -0.185. The van der Waals surface area contributed by atoms with Crippen molar-refractivity contribution in [3.8, 4) is 0 Å². The van der Waals surface area contributed by atoms with E-state index in [0.717, 1.165) is 55.2 Å². The van der Waals surface area contributed by atoms with Crippen LogP contribution in [0.5, 0.6) is 0 Å². The molecule has 5 atom stereocenters. The molecule has 1 saturated heterocycles. The number of rotatable bonds is 17. The van der Waals surface area contributed by atoms with Crippen molar-refractivity contribution in [1.29, 1.82) is 0 Å². The third kappa shape index (κ3) is 7.96. The normalized spacial score (nSPS) is 21.1. The Morgan fingerprint density at radius 3 is 1.79 bits per heavy atom. The number of azide groups is 1. The van der Waals surface area contributed by atoms with E-state index in [1.165, 1.54) is 0 Å². The molecule has 42 heavy (non-hydrogen) atoms. The second-order valence-corrected chi connectivity index (χ2v) is 10.6. The lowest BCUT2D eigenvalue weighted by Crippen LogP contribution is -2.43. The Morgan fingerprint density at radius 2 is 1.26 bits per heavy atom. The van der Waals surface area contributed by atoms with Crippen LogP contribution in [0.25, 0.3) is 10.4 Å². The summed E-state index contributed by atoms with van der Waals surface area (Å²) in [6, 6.07) is 29.5. The van der Waals surface area contributed by atoms with Crippen LogP contribution in [-0.2, 0) is 19.8 Å². The van der Waals surface area contributed by atoms with E-state index in [1.54, 1.807) is 0 Å². The second-order valence-electron chi connectivity index (χ2n) is 10.6. The topological polar surface area (TPSA) is 137 Å². The van der Waals surface area contributed by atoms with Gasteiger partial charge in [-0.3, -0.25) is 0 Å². The molecule has 3 N–H and O–H groups in total. The van der Waals surface area contributed by atoms with Crippen LogP contribution in [0.15, 0.2) is 96.1 Å². The van der Waals surface area contributed by atoms with Crippen LogP contribution in [0.4, 0.5) is 0 Å². The molecule has 1 aliphatic heterocycles. The van der Waals surface area contributed by atoms with Crippen molar-refractivity contribution < 1.29 is 29.5 Å². The number of hydrogen-bond acceptors (Lipinski definition) is 7. The predicted molar refractivity (Wildman–Crippen MR) is 160 cm³/mol. The summed E-state index contributed by atoms with van der Waals surface area (Å²) in [5.41, 5.74) is 9.94. The number of unbranched alkanes of at least 4 members (excludes halogenated alkanes) is 5. The zero-order valence-electron chi connectivity index (χ0n) is 23.8. The van der Waals surface area contributed by atoms with Crippen molar-refractivity contribution in [1.82, 2.24) is 0 Å². The van der Waals surface area contributed by atoms with Crippen molar-refractivity contribution in [2.75, 3.05) is 19.8 Å². The predicted octanol–water partition coefficient (Wildman–Crippen LogP) is 5.47. The number of ether oxygens (including phenoxy) is 3. The molecule has 9 heteroatoms. The Hall–Kier alpha value is -3.27. The first kappa shape index (κ1) is 31.7. The van der Waals surface area contributed by atoms with Gasteiger partial charge in [0.2, 0.25) is 0 Å². The van der Waals surface area contributed by atoms with Gasteiger partial charge in [0.15, 0.2) is 6.29 Å². The average molecular weight is 576 g/mol. The summed E-state index contributed by atoms with van der Waals surface area (Å²) in [5, 5.41) is 36.1. The summed E-state index contributed by atoms with van der Waals surface area (Å²) in [4.78, 5) is 2.75. The summed E-state index contributed by atoms with van der Waals surface area (Å²) in [5.74, 6) is 0. The van der Waals surface area contributed by atoms with Gasteiger partial charge in [-0.05, 0) is 35.1 Å². The van der Waals surface area contributed by atoms with Gasteiger partial charge in [-0.2, -0.15) is 0 Å². The Kier molecular flexibility index (Phi) is 12.4. The first-order valence-electron chi connectivity index (χ1n) is 14.7. The minimum atomic E-state index is -1.33. The standard InChI is InChI=1S/C33H41N3O6/c34-36-35-22-14-3-1-2-4-15-23-40-32-30(39)29(38)31(42-32)28(37)24-41-33(25-16-8-5-9-17-25,26-18-10-6-11-19-26)27-20-12-7-13-21-27/h5-13,16-21,28-32,37-39H,1-4,14-15,22-24H2/t28-,29-,30-,31+,32-/m1/s1. The van der Waals surface area contributed by atoms with E-state index >= 15 is 0 Å². The maximum atomic E-state index is 11.2. The second kappa shape index (κ2) is 16.4. The van der Waals surface area contributed by atoms with Gasteiger partial charge < -0.3 is 29.5 Å². The number of hydrogen-bond donors (Lipinski definition) is 3. The molecule has 4 rings (SSSR count). The molecule has 1 heterocycles. The van der Waals surface area contributed by atoms with Crippen molar-refractivity contribution >= 4 is 0 Å². The molecule has 0 spiro atoms. The van der Waals surface area contributed by atoms with E-state index in [9.17, 15) is 15.3 Å². The summed E-state index contributed by atoms with van der Waals surface area (Å²) < 4.78 is 18.2. The number of nitrogens with zero attached hydrogens (tertiary/aromatic N) is 3. The van der Waals surface area contributed by atoms with Crippen LogP contribution in [0.3, 0.4) is 0 Å². The molecule has 0 unspecified atom stereocenters. The minimum absolute atomic E-state index is 0.167. The molecule has 224 valence electrons. The molecule has 0 saturated carbocycles. The largest absolute Gasteiger partial charge is 0.388 e. The Labute approximate surface area is 247 Å². The van der Waals surface area contributed by atoms with Gasteiger partial charge in [0, 0.05) is 18.1 Å². The molecule has 9 nitrogen and oxygen atoms in total. The fraction of sp³-hybridized carbons (Fsp3) is 0.455. The maximum Gasteiger partial charge on any atom is 0.186 e. The summed E-state index contributed by atoms with van der Waals surface area (Å²) >= 11 is 0. The zero-order valence-corrected chi connectivity index (χ0v) is 23.8. The molecule has 1 fully saturated rings. The van der Waals surface area contributed by atoms with E-state index in [4.69, 9.17) is 19.7 Å². The van der Waals surface area contributed by atoms with Gasteiger partial charge >= 0.3 is 0 Å². The summed E-state index contributed by atoms with van der Waals surface area (Å²) in [6.45, 7) is 0.730. The smallest absolute Gasteiger partial charge is 0.186 e. The van der Waals surface area contributed by atoms with Crippen LogP contribution in [0.1, 0.15) is 55.2 Å². The van der Waals surface area contributed by atoms with E-state index < -0.39 is 36.3 Å². The van der Waals surface area contributed by atoms with Crippen LogP contribution in [0, 0.1) is 0 Å². The van der Waals surface area contributed by atoms with Crippen molar-refractivity contribution in [2.45, 2.75) is 74.8 Å². The van der Waals surface area contributed by atoms with Crippen LogP contribution in [-0.4, -0.2) is 65.8 Å². The molecule has 0 aromatic heterocycles. The highest BCUT2D eigenvalue weighted by Crippen LogP contribution is 2.41. The molecule has 0 bridgehead atoms. The summed E-state index contributed by atoms with van der Waals surface area (Å²) in [7, 11) is 0. The van der Waals surface area contributed by atoms with Gasteiger partial charge in [0.05, 0.1) is 6.61 Å². The monoisotopic (exact) mass is 575 g/mol. The highest BCUT2D eigenvalue weighted by atomic mass is 16.7. The maximum absolute atomic E-state index is 11.2. The first-order chi connectivity index (χ1) is 20.6. The quantitative estimate of drug-likeness (QED) is 0.0642. The first-order valence-corrected chi connectivity index (χ1v) is 14.7. The molecule has 0 amide bonds.